The highest BCUT2D eigenvalue weighted by molar-refractivity contribution is 9.10. The first-order chi connectivity index (χ1) is 8.61. The zero-order valence-corrected chi connectivity index (χ0v) is 12.3. The number of thiophene rings is 1. The van der Waals surface area contributed by atoms with E-state index in [0.29, 0.717) is 12.1 Å². The second kappa shape index (κ2) is 5.82. The Morgan fingerprint density at radius 1 is 1.44 bits per heavy atom. The molecule has 0 aliphatic carbocycles. The van der Waals surface area contributed by atoms with Gasteiger partial charge in [-0.3, -0.25) is 0 Å². The van der Waals surface area contributed by atoms with Gasteiger partial charge < -0.3 is 10.0 Å². The van der Waals surface area contributed by atoms with Crippen LogP contribution in [0.25, 0.3) is 0 Å². The average molecular weight is 330 g/mol. The van der Waals surface area contributed by atoms with Crippen molar-refractivity contribution in [1.29, 1.82) is 0 Å². The van der Waals surface area contributed by atoms with Crippen LogP contribution in [-0.2, 0) is 13.2 Å². The van der Waals surface area contributed by atoms with E-state index in [2.05, 4.69) is 15.9 Å². The molecular formula is C13H13BrFNOS. The molecule has 0 unspecified atom stereocenters. The molecule has 1 aromatic carbocycles. The number of rotatable bonds is 4. The molecule has 0 radical (unpaired) electrons. The van der Waals surface area contributed by atoms with Crippen molar-refractivity contribution in [2.24, 2.45) is 0 Å². The molecule has 96 valence electrons. The fourth-order valence-electron chi connectivity index (χ4n) is 1.82. The van der Waals surface area contributed by atoms with Gasteiger partial charge in [-0.2, -0.15) is 0 Å². The Labute approximate surface area is 118 Å². The van der Waals surface area contributed by atoms with E-state index in [1.54, 1.807) is 17.4 Å². The van der Waals surface area contributed by atoms with Gasteiger partial charge in [0.25, 0.3) is 0 Å². The van der Waals surface area contributed by atoms with Crippen molar-refractivity contribution in [3.05, 3.63) is 50.4 Å². The van der Waals surface area contributed by atoms with Gasteiger partial charge >= 0.3 is 0 Å². The summed E-state index contributed by atoms with van der Waals surface area (Å²) in [6.45, 7) is 0.396. The lowest BCUT2D eigenvalue weighted by Crippen LogP contribution is -2.18. The second-order valence-electron chi connectivity index (χ2n) is 3.98. The van der Waals surface area contributed by atoms with Gasteiger partial charge in [0, 0.05) is 33.0 Å². The number of hydrogen-bond acceptors (Lipinski definition) is 3. The number of aliphatic hydroxyl groups excluding tert-OH is 1. The van der Waals surface area contributed by atoms with Gasteiger partial charge in [-0.1, -0.05) is 6.07 Å². The Balaban J connectivity index is 2.23. The summed E-state index contributed by atoms with van der Waals surface area (Å²) in [5.74, 6) is -0.366. The molecule has 5 heteroatoms. The van der Waals surface area contributed by atoms with Crippen molar-refractivity contribution in [2.75, 3.05) is 11.9 Å². The lowest BCUT2D eigenvalue weighted by Gasteiger charge is -2.21. The van der Waals surface area contributed by atoms with Crippen molar-refractivity contribution in [3.63, 3.8) is 0 Å². The number of benzene rings is 1. The predicted octanol–water partition coefficient (Wildman–Crippen LogP) is 3.78. The minimum absolute atomic E-state index is 0.291. The Bertz CT molecular complexity index is 544. The highest BCUT2D eigenvalue weighted by Gasteiger charge is 2.12. The molecule has 2 nitrogen and oxygen atoms in total. The van der Waals surface area contributed by atoms with Gasteiger partial charge in [-0.25, -0.2) is 4.39 Å². The van der Waals surface area contributed by atoms with Crippen LogP contribution in [-0.4, -0.2) is 12.2 Å². The average Bonchev–Trinajstić information content (AvgIpc) is 2.74. The highest BCUT2D eigenvalue weighted by atomic mass is 79.9. The molecule has 0 bridgehead atoms. The van der Waals surface area contributed by atoms with Crippen LogP contribution in [0.1, 0.15) is 10.4 Å². The summed E-state index contributed by atoms with van der Waals surface area (Å²) in [6.07, 6.45) is 0. The number of hydrogen-bond donors (Lipinski definition) is 1. The van der Waals surface area contributed by atoms with Gasteiger partial charge in [0.05, 0.1) is 13.2 Å². The van der Waals surface area contributed by atoms with Gasteiger partial charge in [0.1, 0.15) is 5.82 Å². The van der Waals surface area contributed by atoms with Crippen LogP contribution in [0.3, 0.4) is 0 Å². The van der Waals surface area contributed by atoms with Crippen molar-refractivity contribution >= 4 is 33.0 Å². The molecule has 1 N–H and O–H groups in total. The van der Waals surface area contributed by atoms with Crippen LogP contribution in [0.15, 0.2) is 34.1 Å². The highest BCUT2D eigenvalue weighted by Crippen LogP contribution is 2.26. The standard InChI is InChI=1S/C13H13BrFNOS/c1-16(6-10-5-9(14)8-18-10)13-4-2-3-12(15)11(13)7-17/h2-5,8,17H,6-7H2,1H3. The maximum Gasteiger partial charge on any atom is 0.130 e. The first-order valence-electron chi connectivity index (χ1n) is 5.44. The smallest absolute Gasteiger partial charge is 0.130 e. The van der Waals surface area contributed by atoms with Crippen LogP contribution in [0, 0.1) is 5.82 Å². The molecule has 0 aliphatic heterocycles. The molecular weight excluding hydrogens is 317 g/mol. The molecule has 0 saturated heterocycles. The zero-order valence-electron chi connectivity index (χ0n) is 9.86. The monoisotopic (exact) mass is 329 g/mol. The van der Waals surface area contributed by atoms with Crippen molar-refractivity contribution < 1.29 is 9.50 Å². The third-order valence-corrected chi connectivity index (χ3v) is 4.36. The normalized spacial score (nSPS) is 10.7. The number of anilines is 1. The van der Waals surface area contributed by atoms with E-state index < -0.39 is 0 Å². The molecule has 1 aromatic heterocycles. The van der Waals surface area contributed by atoms with E-state index in [1.807, 2.05) is 29.5 Å². The van der Waals surface area contributed by atoms with Gasteiger partial charge in [0.15, 0.2) is 0 Å². The van der Waals surface area contributed by atoms with Crippen molar-refractivity contribution in [1.82, 2.24) is 0 Å². The Morgan fingerprint density at radius 2 is 2.22 bits per heavy atom. The molecule has 0 fully saturated rings. The van der Waals surface area contributed by atoms with E-state index in [4.69, 9.17) is 0 Å². The van der Waals surface area contributed by atoms with Crippen LogP contribution in [0.5, 0.6) is 0 Å². The third-order valence-electron chi connectivity index (χ3n) is 2.68. The quantitative estimate of drug-likeness (QED) is 0.922. The van der Waals surface area contributed by atoms with Crippen LogP contribution in [0.4, 0.5) is 10.1 Å². The molecule has 18 heavy (non-hydrogen) atoms. The van der Waals surface area contributed by atoms with Crippen LogP contribution >= 0.6 is 27.3 Å². The summed E-state index contributed by atoms with van der Waals surface area (Å²) in [6, 6.07) is 6.88. The third kappa shape index (κ3) is 2.91. The summed E-state index contributed by atoms with van der Waals surface area (Å²) in [7, 11) is 1.89. The largest absolute Gasteiger partial charge is 0.391 e. The van der Waals surface area contributed by atoms with E-state index in [9.17, 15) is 9.50 Å². The molecule has 1 heterocycles. The van der Waals surface area contributed by atoms with E-state index in [1.165, 1.54) is 10.9 Å². The molecule has 2 aromatic rings. The fourth-order valence-corrected chi connectivity index (χ4v) is 3.32. The topological polar surface area (TPSA) is 23.5 Å². The SMILES string of the molecule is CN(Cc1cc(Br)cs1)c1cccc(F)c1CO. The Hall–Kier alpha value is -0.910. The molecule has 0 spiro atoms. The summed E-state index contributed by atoms with van der Waals surface area (Å²) >= 11 is 5.06. The first-order valence-corrected chi connectivity index (χ1v) is 7.11. The van der Waals surface area contributed by atoms with Crippen molar-refractivity contribution in [3.8, 4) is 0 Å². The van der Waals surface area contributed by atoms with Gasteiger partial charge in [0.2, 0.25) is 0 Å². The second-order valence-corrected chi connectivity index (χ2v) is 5.89. The Morgan fingerprint density at radius 3 is 2.83 bits per heavy atom. The molecule has 2 rings (SSSR count). The van der Waals surface area contributed by atoms with Gasteiger partial charge in [-0.15, -0.1) is 11.3 Å². The van der Waals surface area contributed by atoms with E-state index >= 15 is 0 Å². The summed E-state index contributed by atoms with van der Waals surface area (Å²) in [5, 5.41) is 11.3. The zero-order chi connectivity index (χ0) is 13.1. The molecule has 0 atom stereocenters. The Kier molecular flexibility index (Phi) is 4.37. The fraction of sp³-hybridized carbons (Fsp3) is 0.231. The molecule has 0 amide bonds. The van der Waals surface area contributed by atoms with Crippen LogP contribution < -0.4 is 4.90 Å². The number of nitrogens with zero attached hydrogens (tertiary/aromatic N) is 1. The molecule has 0 saturated carbocycles. The first kappa shape index (κ1) is 13.5. The molecule has 0 aliphatic rings. The predicted molar refractivity (Wildman–Crippen MR) is 76.4 cm³/mol. The van der Waals surface area contributed by atoms with Crippen LogP contribution in [0.2, 0.25) is 0 Å². The minimum atomic E-state index is -0.366. The van der Waals surface area contributed by atoms with Gasteiger partial charge in [-0.05, 0) is 34.1 Å². The number of aliphatic hydroxyl groups is 1. The summed E-state index contributed by atoms with van der Waals surface area (Å²) < 4.78 is 14.6. The maximum atomic E-state index is 13.6. The van der Waals surface area contributed by atoms with Crippen molar-refractivity contribution in [2.45, 2.75) is 13.2 Å². The lowest BCUT2D eigenvalue weighted by molar-refractivity contribution is 0.276. The summed E-state index contributed by atoms with van der Waals surface area (Å²) in [5.41, 5.74) is 1.07. The summed E-state index contributed by atoms with van der Waals surface area (Å²) in [4.78, 5) is 3.12. The van der Waals surface area contributed by atoms with E-state index in [-0.39, 0.29) is 12.4 Å². The van der Waals surface area contributed by atoms with E-state index in [0.717, 1.165) is 10.2 Å². The maximum absolute atomic E-state index is 13.6. The number of halogens is 2. The lowest BCUT2D eigenvalue weighted by atomic mass is 10.1. The minimum Gasteiger partial charge on any atom is -0.391 e.